The molecule has 2 nitrogen and oxygen atoms in total. The minimum atomic E-state index is -2.73. The van der Waals surface area contributed by atoms with Crippen molar-refractivity contribution in [1.82, 2.24) is 4.98 Å². The molecule has 112 valence electrons. The summed E-state index contributed by atoms with van der Waals surface area (Å²) in [7, 11) is 0. The predicted octanol–water partition coefficient (Wildman–Crippen LogP) is 3.64. The molecule has 0 saturated heterocycles. The van der Waals surface area contributed by atoms with Gasteiger partial charge in [-0.15, -0.1) is 0 Å². The van der Waals surface area contributed by atoms with Gasteiger partial charge in [-0.2, -0.15) is 0 Å². The lowest BCUT2D eigenvalue weighted by molar-refractivity contribution is -0.0294. The van der Waals surface area contributed by atoms with Crippen LogP contribution in [0.5, 0.6) is 0 Å². The second-order valence-corrected chi connectivity index (χ2v) is 6.06. The fraction of sp³-hybridized carbons (Fsp3) is 0.588. The molecule has 0 N–H and O–H groups in total. The number of aromatic nitrogens is 1. The normalized spacial score (nSPS) is 19.5. The van der Waals surface area contributed by atoms with Gasteiger partial charge in [-0.05, 0) is 44.6 Å². The van der Waals surface area contributed by atoms with Gasteiger partial charge in [0.1, 0.15) is 5.69 Å². The molecule has 1 aliphatic carbocycles. The van der Waals surface area contributed by atoms with E-state index < -0.39 is 11.3 Å². The van der Waals surface area contributed by atoms with Gasteiger partial charge in [0.2, 0.25) is 0 Å². The van der Waals surface area contributed by atoms with Crippen LogP contribution in [-0.2, 0) is 6.42 Å². The minimum absolute atomic E-state index is 0.486. The van der Waals surface area contributed by atoms with Crippen LogP contribution in [0.1, 0.15) is 44.4 Å². The van der Waals surface area contributed by atoms with Gasteiger partial charge in [0.15, 0.2) is 0 Å². The molecule has 0 radical (unpaired) electrons. The van der Waals surface area contributed by atoms with Crippen molar-refractivity contribution in [2.75, 3.05) is 18.0 Å². The van der Waals surface area contributed by atoms with Crippen LogP contribution < -0.4 is 4.90 Å². The smallest absolute Gasteiger partial charge is 0.261 e. The summed E-state index contributed by atoms with van der Waals surface area (Å²) in [5.74, 6) is 3.06. The van der Waals surface area contributed by atoms with E-state index in [4.69, 9.17) is 0 Å². The van der Waals surface area contributed by atoms with Gasteiger partial charge in [0.05, 0.1) is 5.41 Å². The Hall–Kier alpha value is -1.63. The molecule has 0 unspecified atom stereocenters. The van der Waals surface area contributed by atoms with E-state index in [0.717, 1.165) is 44.1 Å². The number of alkyl halides is 2. The number of anilines is 1. The van der Waals surface area contributed by atoms with Crippen molar-refractivity contribution < 1.29 is 8.78 Å². The maximum atomic E-state index is 13.6. The Labute approximate surface area is 124 Å². The number of pyridine rings is 1. The van der Waals surface area contributed by atoms with E-state index in [2.05, 4.69) is 28.6 Å². The Bertz CT molecular complexity index is 603. The lowest BCUT2D eigenvalue weighted by Gasteiger charge is -2.30. The van der Waals surface area contributed by atoms with Crippen LogP contribution in [0.25, 0.3) is 0 Å². The van der Waals surface area contributed by atoms with E-state index in [0.29, 0.717) is 18.5 Å². The number of fused-ring (bicyclic) bond motifs is 1. The largest absolute Gasteiger partial charge is 0.371 e. The molecular formula is C17H20F2N2. The predicted molar refractivity (Wildman–Crippen MR) is 79.6 cm³/mol. The lowest BCUT2D eigenvalue weighted by atomic mass is 9.97. The van der Waals surface area contributed by atoms with Crippen LogP contribution >= 0.6 is 0 Å². The van der Waals surface area contributed by atoms with Crippen molar-refractivity contribution in [2.24, 2.45) is 5.41 Å². The van der Waals surface area contributed by atoms with Gasteiger partial charge in [-0.3, -0.25) is 0 Å². The van der Waals surface area contributed by atoms with E-state index in [9.17, 15) is 8.78 Å². The van der Waals surface area contributed by atoms with Gasteiger partial charge in [0, 0.05) is 37.5 Å². The average Bonchev–Trinajstić information content (AvgIpc) is 3.25. The quantitative estimate of drug-likeness (QED) is 0.773. The fourth-order valence-electron chi connectivity index (χ4n) is 3.01. The highest BCUT2D eigenvalue weighted by Crippen LogP contribution is 2.56. The second-order valence-electron chi connectivity index (χ2n) is 6.06. The molecule has 0 spiro atoms. The van der Waals surface area contributed by atoms with E-state index >= 15 is 0 Å². The monoisotopic (exact) mass is 290 g/mol. The Balaban J connectivity index is 1.95. The maximum absolute atomic E-state index is 13.6. The first-order valence-electron chi connectivity index (χ1n) is 7.61. The lowest BCUT2D eigenvalue weighted by Crippen LogP contribution is -2.29. The summed E-state index contributed by atoms with van der Waals surface area (Å²) in [6, 6.07) is 2.00. The molecule has 0 atom stereocenters. The zero-order valence-corrected chi connectivity index (χ0v) is 12.5. The van der Waals surface area contributed by atoms with Crippen molar-refractivity contribution in [3.63, 3.8) is 0 Å². The summed E-state index contributed by atoms with van der Waals surface area (Å²) in [5.41, 5.74) is 1.85. The standard InChI is InChI=1S/C17H20F2N2/c1-3-21-12-4-5-13-14(20-11-7-15(13)21)6-8-17(9-10-17)16(2,18)19/h7,11H,3-5,9-10,12H2,1-2H3. The molecule has 0 amide bonds. The molecule has 21 heavy (non-hydrogen) atoms. The van der Waals surface area contributed by atoms with Gasteiger partial charge in [-0.1, -0.05) is 5.92 Å². The van der Waals surface area contributed by atoms with E-state index in [1.807, 2.05) is 6.07 Å². The first kappa shape index (κ1) is 14.3. The molecule has 3 rings (SSSR count). The number of hydrogen-bond acceptors (Lipinski definition) is 2. The SMILES string of the molecule is CCN1CCCc2c1ccnc2C#CC1(C(C)(F)F)CC1. The van der Waals surface area contributed by atoms with E-state index in [1.54, 1.807) is 6.20 Å². The topological polar surface area (TPSA) is 16.1 Å². The molecular weight excluding hydrogens is 270 g/mol. The summed E-state index contributed by atoms with van der Waals surface area (Å²) < 4.78 is 27.2. The van der Waals surface area contributed by atoms with Crippen LogP contribution in [0.3, 0.4) is 0 Å². The molecule has 0 bridgehead atoms. The second kappa shape index (κ2) is 4.98. The van der Waals surface area contributed by atoms with Crippen LogP contribution in [0.15, 0.2) is 12.3 Å². The molecule has 1 aromatic rings. The van der Waals surface area contributed by atoms with Crippen molar-refractivity contribution in [2.45, 2.75) is 45.5 Å². The molecule has 2 heterocycles. The van der Waals surface area contributed by atoms with Gasteiger partial charge < -0.3 is 4.90 Å². The summed E-state index contributed by atoms with van der Waals surface area (Å²) in [4.78, 5) is 6.63. The molecule has 4 heteroatoms. The Morgan fingerprint density at radius 2 is 2.19 bits per heavy atom. The van der Waals surface area contributed by atoms with Crippen molar-refractivity contribution in [1.29, 1.82) is 0 Å². The Morgan fingerprint density at radius 1 is 1.43 bits per heavy atom. The molecule has 1 saturated carbocycles. The Morgan fingerprint density at radius 3 is 2.81 bits per heavy atom. The molecule has 1 aromatic heterocycles. The van der Waals surface area contributed by atoms with Crippen LogP contribution in [0.4, 0.5) is 14.5 Å². The first-order valence-corrected chi connectivity index (χ1v) is 7.61. The minimum Gasteiger partial charge on any atom is -0.371 e. The summed E-state index contributed by atoms with van der Waals surface area (Å²) in [6.07, 6.45) is 4.70. The van der Waals surface area contributed by atoms with Crippen molar-refractivity contribution in [3.8, 4) is 11.8 Å². The number of hydrogen-bond donors (Lipinski definition) is 0. The Kier molecular flexibility index (Phi) is 3.39. The molecule has 1 fully saturated rings. The maximum Gasteiger partial charge on any atom is 0.261 e. The third-order valence-electron chi connectivity index (χ3n) is 4.62. The van der Waals surface area contributed by atoms with E-state index in [-0.39, 0.29) is 0 Å². The van der Waals surface area contributed by atoms with Crippen molar-refractivity contribution >= 4 is 5.69 Å². The van der Waals surface area contributed by atoms with Gasteiger partial charge in [-0.25, -0.2) is 13.8 Å². The van der Waals surface area contributed by atoms with E-state index in [1.165, 1.54) is 0 Å². The molecule has 1 aliphatic heterocycles. The number of halogens is 2. The van der Waals surface area contributed by atoms with Crippen molar-refractivity contribution in [3.05, 3.63) is 23.5 Å². The van der Waals surface area contributed by atoms with Crippen LogP contribution in [0.2, 0.25) is 0 Å². The van der Waals surface area contributed by atoms with Crippen LogP contribution in [0, 0.1) is 17.3 Å². The molecule has 2 aliphatic rings. The molecule has 0 aromatic carbocycles. The van der Waals surface area contributed by atoms with Gasteiger partial charge >= 0.3 is 0 Å². The third-order valence-corrected chi connectivity index (χ3v) is 4.62. The number of rotatable bonds is 2. The third kappa shape index (κ3) is 2.50. The summed E-state index contributed by atoms with van der Waals surface area (Å²) in [6.45, 7) is 5.08. The number of nitrogens with zero attached hydrogens (tertiary/aromatic N) is 2. The zero-order valence-electron chi connectivity index (χ0n) is 12.5. The average molecular weight is 290 g/mol. The summed E-state index contributed by atoms with van der Waals surface area (Å²) in [5, 5.41) is 0. The fourth-order valence-corrected chi connectivity index (χ4v) is 3.01. The highest BCUT2D eigenvalue weighted by Gasteiger charge is 2.58. The highest BCUT2D eigenvalue weighted by molar-refractivity contribution is 5.60. The van der Waals surface area contributed by atoms with Gasteiger partial charge in [0.25, 0.3) is 5.92 Å². The first-order chi connectivity index (χ1) is 9.97. The zero-order chi connectivity index (χ0) is 15.1. The van der Waals surface area contributed by atoms with Crippen LogP contribution in [-0.4, -0.2) is 24.0 Å². The highest BCUT2D eigenvalue weighted by atomic mass is 19.3. The summed E-state index contributed by atoms with van der Waals surface area (Å²) >= 11 is 0.